The van der Waals surface area contributed by atoms with E-state index in [9.17, 15) is 9.18 Å². The number of hydrogen-bond donors (Lipinski definition) is 0. The molecule has 1 amide bonds. The van der Waals surface area contributed by atoms with Crippen LogP contribution in [-0.2, 0) is 12.6 Å². The zero-order valence-corrected chi connectivity index (χ0v) is 18.5. The van der Waals surface area contributed by atoms with Crippen LogP contribution < -0.4 is 9.47 Å². The molecule has 1 spiro atoms. The van der Waals surface area contributed by atoms with E-state index in [4.69, 9.17) is 9.47 Å². The summed E-state index contributed by atoms with van der Waals surface area (Å²) in [6.07, 6.45) is 3.17. The molecule has 1 saturated heterocycles. The second-order valence-corrected chi connectivity index (χ2v) is 8.76. The lowest BCUT2D eigenvalue weighted by Gasteiger charge is -2.44. The van der Waals surface area contributed by atoms with Gasteiger partial charge in [0.05, 0.1) is 11.7 Å². The molecule has 0 bridgehead atoms. The van der Waals surface area contributed by atoms with Crippen LogP contribution in [-0.4, -0.2) is 39.8 Å². The number of fused-ring (bicyclic) bond motifs is 4. The van der Waals surface area contributed by atoms with Crippen molar-refractivity contribution in [1.29, 1.82) is 0 Å². The number of rotatable bonds is 3. The molecule has 1 aromatic heterocycles. The van der Waals surface area contributed by atoms with Crippen molar-refractivity contribution in [1.82, 2.24) is 14.7 Å². The molecule has 2 aliphatic heterocycles. The Morgan fingerprint density at radius 3 is 2.66 bits per heavy atom. The van der Waals surface area contributed by atoms with Crippen LogP contribution in [0.5, 0.6) is 11.5 Å². The van der Waals surface area contributed by atoms with Crippen molar-refractivity contribution in [3.05, 3.63) is 65.6 Å². The number of para-hydroxylation sites is 1. The van der Waals surface area contributed by atoms with E-state index in [0.717, 1.165) is 22.6 Å². The molecule has 3 heterocycles. The minimum atomic E-state index is -0.564. The Morgan fingerprint density at radius 1 is 1.19 bits per heavy atom. The monoisotopic (exact) mass is 435 g/mol. The fraction of sp³-hybridized carbons (Fsp3) is 0.360. The van der Waals surface area contributed by atoms with Gasteiger partial charge in [0.15, 0.2) is 0 Å². The van der Waals surface area contributed by atoms with Gasteiger partial charge in [-0.15, -0.1) is 0 Å². The van der Waals surface area contributed by atoms with Crippen LogP contribution in [0.4, 0.5) is 4.39 Å². The molecule has 2 aliphatic rings. The summed E-state index contributed by atoms with van der Waals surface area (Å²) in [6.45, 7) is 4.69. The minimum Gasteiger partial charge on any atom is -0.491 e. The van der Waals surface area contributed by atoms with Crippen molar-refractivity contribution < 1.29 is 18.7 Å². The van der Waals surface area contributed by atoms with Crippen molar-refractivity contribution in [3.8, 4) is 22.8 Å². The number of carbonyl (C=O) groups excluding carboxylic acids is 1. The standard InChI is InChI=1S/C25H26FN3O3/c1-16(2)31-17-8-9-18(21(26)14-17)24(30)29-12-10-25(11-13-29)20-15-28(3)27-23(20)19-6-4-5-7-22(19)32-25/h4-9,14-16H,10-13H2,1-3H3. The third-order valence-electron chi connectivity index (χ3n) is 6.17. The molecule has 6 nitrogen and oxygen atoms in total. The Labute approximate surface area is 186 Å². The van der Waals surface area contributed by atoms with Gasteiger partial charge >= 0.3 is 0 Å². The average molecular weight is 435 g/mol. The van der Waals surface area contributed by atoms with Gasteiger partial charge in [-0.05, 0) is 38.1 Å². The van der Waals surface area contributed by atoms with E-state index in [-0.39, 0.29) is 17.6 Å². The van der Waals surface area contributed by atoms with E-state index in [1.165, 1.54) is 12.1 Å². The number of nitrogens with zero attached hydrogens (tertiary/aromatic N) is 3. The molecular weight excluding hydrogens is 409 g/mol. The fourth-order valence-electron chi connectivity index (χ4n) is 4.67. The van der Waals surface area contributed by atoms with Gasteiger partial charge in [-0.1, -0.05) is 12.1 Å². The molecule has 0 atom stereocenters. The van der Waals surface area contributed by atoms with Crippen LogP contribution in [0.25, 0.3) is 11.3 Å². The number of carbonyl (C=O) groups is 1. The quantitative estimate of drug-likeness (QED) is 0.606. The van der Waals surface area contributed by atoms with Crippen molar-refractivity contribution in [3.63, 3.8) is 0 Å². The molecule has 0 aliphatic carbocycles. The van der Waals surface area contributed by atoms with Crippen LogP contribution in [0.2, 0.25) is 0 Å². The van der Waals surface area contributed by atoms with E-state index in [1.807, 2.05) is 56.0 Å². The number of aromatic nitrogens is 2. The maximum Gasteiger partial charge on any atom is 0.256 e. The molecule has 0 N–H and O–H groups in total. The summed E-state index contributed by atoms with van der Waals surface area (Å²) in [6, 6.07) is 12.3. The van der Waals surface area contributed by atoms with Gasteiger partial charge in [0, 0.05) is 56.4 Å². The summed E-state index contributed by atoms with van der Waals surface area (Å²) in [4.78, 5) is 14.8. The molecular formula is C25H26FN3O3. The molecule has 0 radical (unpaired) electrons. The van der Waals surface area contributed by atoms with E-state index in [1.54, 1.807) is 11.0 Å². The first kappa shape index (κ1) is 20.5. The van der Waals surface area contributed by atoms with Crippen LogP contribution in [0, 0.1) is 5.82 Å². The number of hydrogen-bond acceptors (Lipinski definition) is 4. The predicted octanol–water partition coefficient (Wildman–Crippen LogP) is 4.54. The molecule has 3 aromatic rings. The highest BCUT2D eigenvalue weighted by Crippen LogP contribution is 2.49. The normalized spacial score (nSPS) is 16.5. The molecule has 5 rings (SSSR count). The van der Waals surface area contributed by atoms with Crippen molar-refractivity contribution in [2.24, 2.45) is 7.05 Å². The molecule has 1 fully saturated rings. The second kappa shape index (κ2) is 7.65. The smallest absolute Gasteiger partial charge is 0.256 e. The first-order valence-corrected chi connectivity index (χ1v) is 10.9. The number of ether oxygens (including phenoxy) is 2. The summed E-state index contributed by atoms with van der Waals surface area (Å²) in [7, 11) is 1.91. The van der Waals surface area contributed by atoms with Crippen molar-refractivity contribution >= 4 is 5.91 Å². The highest BCUT2D eigenvalue weighted by Gasteiger charge is 2.45. The first-order valence-electron chi connectivity index (χ1n) is 10.9. The third kappa shape index (κ3) is 3.42. The zero-order valence-electron chi connectivity index (χ0n) is 18.5. The Hall–Kier alpha value is -3.35. The predicted molar refractivity (Wildman–Crippen MR) is 118 cm³/mol. The summed E-state index contributed by atoms with van der Waals surface area (Å²) >= 11 is 0. The first-order chi connectivity index (χ1) is 15.4. The number of likely N-dealkylation sites (tertiary alicyclic amines) is 1. The average Bonchev–Trinajstić information content (AvgIpc) is 3.16. The fourth-order valence-corrected chi connectivity index (χ4v) is 4.67. The number of amides is 1. The summed E-state index contributed by atoms with van der Waals surface area (Å²) in [5.41, 5.74) is 2.49. The summed E-state index contributed by atoms with van der Waals surface area (Å²) in [5, 5.41) is 4.68. The number of benzene rings is 2. The van der Waals surface area contributed by atoms with Gasteiger partial charge < -0.3 is 14.4 Å². The van der Waals surface area contributed by atoms with Crippen molar-refractivity contribution in [2.75, 3.05) is 13.1 Å². The van der Waals surface area contributed by atoms with Gasteiger partial charge in [0.2, 0.25) is 0 Å². The topological polar surface area (TPSA) is 56.6 Å². The molecule has 32 heavy (non-hydrogen) atoms. The largest absolute Gasteiger partial charge is 0.491 e. The SMILES string of the molecule is CC(C)Oc1ccc(C(=O)N2CCC3(CC2)Oc2ccccc2-c2nn(C)cc23)c(F)c1. The number of aryl methyl sites for hydroxylation is 1. The van der Waals surface area contributed by atoms with E-state index >= 15 is 0 Å². The number of piperidine rings is 1. The van der Waals surface area contributed by atoms with E-state index in [0.29, 0.717) is 31.7 Å². The van der Waals surface area contributed by atoms with E-state index < -0.39 is 11.4 Å². The molecule has 166 valence electrons. The van der Waals surface area contributed by atoms with Crippen LogP contribution in [0.3, 0.4) is 0 Å². The van der Waals surface area contributed by atoms with Crippen molar-refractivity contribution in [2.45, 2.75) is 38.4 Å². The summed E-state index contributed by atoms with van der Waals surface area (Å²) < 4.78 is 28.5. The van der Waals surface area contributed by atoms with Gasteiger partial charge in [-0.25, -0.2) is 4.39 Å². The maximum absolute atomic E-state index is 14.7. The Morgan fingerprint density at radius 2 is 1.94 bits per heavy atom. The van der Waals surface area contributed by atoms with Crippen LogP contribution >= 0.6 is 0 Å². The summed E-state index contributed by atoms with van der Waals surface area (Å²) in [5.74, 6) is 0.359. The second-order valence-electron chi connectivity index (χ2n) is 8.76. The minimum absolute atomic E-state index is 0.0628. The maximum atomic E-state index is 14.7. The molecule has 2 aromatic carbocycles. The van der Waals surface area contributed by atoms with Gasteiger partial charge in [-0.3, -0.25) is 9.48 Å². The molecule has 0 saturated carbocycles. The zero-order chi connectivity index (χ0) is 22.5. The Kier molecular flexibility index (Phi) is 4.92. The number of halogens is 1. The third-order valence-corrected chi connectivity index (χ3v) is 6.17. The van der Waals surface area contributed by atoms with Gasteiger partial charge in [0.1, 0.15) is 28.6 Å². The molecule has 7 heteroatoms. The highest BCUT2D eigenvalue weighted by atomic mass is 19.1. The lowest BCUT2D eigenvalue weighted by atomic mass is 9.81. The van der Waals surface area contributed by atoms with Crippen LogP contribution in [0.15, 0.2) is 48.7 Å². The lowest BCUT2D eigenvalue weighted by molar-refractivity contribution is -0.00178. The lowest BCUT2D eigenvalue weighted by Crippen LogP contribution is -2.49. The van der Waals surface area contributed by atoms with Crippen LogP contribution in [0.1, 0.15) is 42.6 Å². The van der Waals surface area contributed by atoms with Gasteiger partial charge in [0.25, 0.3) is 5.91 Å². The highest BCUT2D eigenvalue weighted by molar-refractivity contribution is 5.94. The molecule has 0 unspecified atom stereocenters. The Balaban J connectivity index is 1.37. The van der Waals surface area contributed by atoms with Gasteiger partial charge in [-0.2, -0.15) is 5.10 Å². The van der Waals surface area contributed by atoms with E-state index in [2.05, 4.69) is 5.10 Å². The Bertz CT molecular complexity index is 1180.